The molecule has 0 saturated heterocycles. The fourth-order valence-electron chi connectivity index (χ4n) is 14.7. The van der Waals surface area contributed by atoms with Crippen molar-refractivity contribution in [3.8, 4) is 50.0 Å². The third kappa shape index (κ3) is 21.4. The Hall–Kier alpha value is -17.3. The number of sulfonamides is 1. The minimum atomic E-state index is -3.61. The number of phenols is 4. The van der Waals surface area contributed by atoms with Crippen molar-refractivity contribution in [3.05, 3.63) is 383 Å². The highest BCUT2D eigenvalue weighted by Crippen LogP contribution is 2.41. The number of nitrogens with two attached hydrogens (primary N) is 2. The number of fused-ring (bicyclic) bond motifs is 8. The average molecular weight is 1850 g/mol. The Morgan fingerprint density at radius 3 is 2.12 bits per heavy atom. The fourth-order valence-corrected chi connectivity index (χ4v) is 17.3. The van der Waals surface area contributed by atoms with Crippen LogP contribution in [-0.4, -0.2) is 113 Å². The second-order valence-electron chi connectivity index (χ2n) is 30.6. The molecular weight excluding hydrogens is 1760 g/mol. The minimum absolute atomic E-state index is 0.0623. The van der Waals surface area contributed by atoms with E-state index >= 15 is 0 Å². The van der Waals surface area contributed by atoms with Crippen LogP contribution in [-0.2, 0) is 23.1 Å². The van der Waals surface area contributed by atoms with Gasteiger partial charge >= 0.3 is 16.7 Å². The van der Waals surface area contributed by atoms with Crippen LogP contribution in [0.15, 0.2) is 342 Å². The van der Waals surface area contributed by atoms with Gasteiger partial charge in [0.15, 0.2) is 36.0 Å². The van der Waals surface area contributed by atoms with Gasteiger partial charge in [0.05, 0.1) is 60.8 Å². The summed E-state index contributed by atoms with van der Waals surface area (Å²) in [6.07, 6.45) is 13.5. The topological polar surface area (TPSA) is 448 Å². The third-order valence-corrected chi connectivity index (χ3v) is 24.7. The molecule has 0 amide bonds. The molecule has 0 aliphatic rings. The number of thiazole rings is 2. The summed E-state index contributed by atoms with van der Waals surface area (Å²) in [5, 5.41) is 82.4. The van der Waals surface area contributed by atoms with Crippen molar-refractivity contribution in [2.24, 2.45) is 10.7 Å². The minimum Gasteiger partial charge on any atom is -0.508 e. The first kappa shape index (κ1) is 91.1. The number of carboxylic acids is 1. The Morgan fingerprint density at radius 1 is 0.637 bits per heavy atom. The van der Waals surface area contributed by atoms with Gasteiger partial charge in [-0.3, -0.25) is 9.97 Å². The van der Waals surface area contributed by atoms with Crippen molar-refractivity contribution in [1.29, 1.82) is 0 Å². The van der Waals surface area contributed by atoms with Crippen molar-refractivity contribution >= 4 is 149 Å². The van der Waals surface area contributed by atoms with Crippen molar-refractivity contribution in [2.45, 2.75) is 51.7 Å². The van der Waals surface area contributed by atoms with Crippen LogP contribution in [0, 0.1) is 27.7 Å². The maximum Gasteiger partial charge on any atom is 0.365 e. The van der Waals surface area contributed by atoms with Gasteiger partial charge in [-0.25, -0.2) is 52.2 Å². The van der Waals surface area contributed by atoms with Crippen molar-refractivity contribution in [1.82, 2.24) is 54.9 Å². The lowest BCUT2D eigenvalue weighted by molar-refractivity contribution is -0.734. The number of aromatic amines is 1. The number of nitrogens with zero attached hydrogens (tertiary/aromatic N) is 13. The zero-order chi connectivity index (χ0) is 94.2. The third-order valence-electron chi connectivity index (χ3n) is 21.4. The number of nitrogen functional groups attached to an aromatic ring is 1. The van der Waals surface area contributed by atoms with Crippen molar-refractivity contribution < 1.29 is 57.6 Å². The predicted molar refractivity (Wildman–Crippen MR) is 527 cm³/mol. The van der Waals surface area contributed by atoms with E-state index in [-0.39, 0.29) is 50.7 Å². The van der Waals surface area contributed by atoms with Crippen LogP contribution in [0.3, 0.4) is 0 Å². The zero-order valence-electron chi connectivity index (χ0n) is 72.8. The Labute approximate surface area is 779 Å². The normalized spacial score (nSPS) is 11.4. The number of aliphatic imine (C=N–C) groups is 1. The van der Waals surface area contributed by atoms with Crippen LogP contribution in [0.1, 0.15) is 61.2 Å². The molecule has 0 fully saturated rings. The lowest BCUT2D eigenvalue weighted by Gasteiger charge is -2.23. The molecule has 12 aromatic carbocycles. The van der Waals surface area contributed by atoms with Gasteiger partial charge in [-0.15, -0.1) is 0 Å². The van der Waals surface area contributed by atoms with Crippen LogP contribution in [0.25, 0.3) is 97.0 Å². The molecule has 21 rings (SSSR count). The molecule has 21 aromatic rings. The summed E-state index contributed by atoms with van der Waals surface area (Å²) in [6.45, 7) is 10.3. The lowest BCUT2D eigenvalue weighted by Crippen LogP contribution is -2.43. The number of aromatic nitrogens is 13. The van der Waals surface area contributed by atoms with Gasteiger partial charge in [-0.1, -0.05) is 179 Å². The number of phenolic OH excluding ortho intramolecular Hbond substituents is 4. The highest BCUT2D eigenvalue weighted by atomic mass is 32.2. The molecule has 30 nitrogen and oxygen atoms in total. The van der Waals surface area contributed by atoms with E-state index in [2.05, 4.69) is 132 Å². The van der Waals surface area contributed by atoms with Crippen LogP contribution >= 0.6 is 22.7 Å². The summed E-state index contributed by atoms with van der Waals surface area (Å²) in [5.74, 6) is 0.0646. The number of H-pyrrole nitrogens is 1. The molecule has 0 aliphatic carbocycles. The van der Waals surface area contributed by atoms with Crippen LogP contribution in [0.2, 0.25) is 0 Å². The van der Waals surface area contributed by atoms with Crippen molar-refractivity contribution in [2.75, 3.05) is 27.6 Å². The molecule has 0 bridgehead atoms. The van der Waals surface area contributed by atoms with E-state index in [4.69, 9.17) is 15.9 Å². The summed E-state index contributed by atoms with van der Waals surface area (Å²) in [6, 6.07) is 83.8. The number of anilines is 4. The number of benzene rings is 12. The summed E-state index contributed by atoms with van der Waals surface area (Å²) in [4.78, 5) is 65.1. The molecule has 1 atom stereocenters. The van der Waals surface area contributed by atoms with Crippen LogP contribution in [0.5, 0.6) is 28.7 Å². The van der Waals surface area contributed by atoms with E-state index < -0.39 is 27.7 Å². The summed E-state index contributed by atoms with van der Waals surface area (Å²) >= 11 is 2.76. The summed E-state index contributed by atoms with van der Waals surface area (Å²) in [5.41, 5.74) is 25.7. The zero-order valence-corrected chi connectivity index (χ0v) is 75.2. The summed E-state index contributed by atoms with van der Waals surface area (Å²) in [7, 11) is -3.61. The van der Waals surface area contributed by atoms with Crippen molar-refractivity contribution in [3.63, 3.8) is 0 Å². The van der Waals surface area contributed by atoms with Gasteiger partial charge in [-0.05, 0) is 190 Å². The molecule has 9 aromatic heterocycles. The highest BCUT2D eigenvalue weighted by molar-refractivity contribution is 7.92. The highest BCUT2D eigenvalue weighted by Gasteiger charge is 2.26. The monoisotopic (exact) mass is 1850 g/mol. The van der Waals surface area contributed by atoms with Crippen LogP contribution in [0.4, 0.5) is 28.3 Å². The number of tetrazole rings is 1. The first-order valence-electron chi connectivity index (χ1n) is 42.2. The Kier molecular flexibility index (Phi) is 27.8. The first-order chi connectivity index (χ1) is 65.5. The van der Waals surface area contributed by atoms with Gasteiger partial charge in [0.2, 0.25) is 11.1 Å². The molecule has 33 heteroatoms. The van der Waals surface area contributed by atoms with E-state index in [9.17, 15) is 48.6 Å². The number of nitrogens with one attached hydrogen (secondary N) is 4. The number of hydrogen-bond acceptors (Lipinski definition) is 26. The quantitative estimate of drug-likeness (QED) is 0.0125. The molecule has 135 heavy (non-hydrogen) atoms. The van der Waals surface area contributed by atoms with Gasteiger partial charge in [0, 0.05) is 106 Å². The van der Waals surface area contributed by atoms with Gasteiger partial charge in [-0.2, -0.15) is 0 Å². The number of aromatic hydroxyl groups is 5. The second-order valence-corrected chi connectivity index (χ2v) is 34.3. The van der Waals surface area contributed by atoms with Gasteiger partial charge < -0.3 is 62.1 Å². The SMILES string of the molecule is Cc1c2cc[n+](CCN)cc2c(C)c2c1[nH]c1ccccc12.Cc1ccc(S(=O)(=O)Nc2ncccn2)cc1.Cc1nn(-c2cccc(O)c2)[n+](-c2nc3ccccc3s2)n1.Nc1ccc(CNc2cnc3ccccc3n2)cc1.O=C(O)c1ccccc1N[C@H](c1ccccc1)c1ccc2cccnc2c1O.O=c1oc2ccccc2c(O)c1C=Nc1ncc(-c2ccc(O)c(O)c2)s1. The van der Waals surface area contributed by atoms with E-state index in [1.54, 1.807) is 143 Å². The Morgan fingerprint density at radius 2 is 1.36 bits per heavy atom. The average Bonchev–Trinajstić information content (AvgIpc) is 1.59. The smallest absolute Gasteiger partial charge is 0.365 e. The van der Waals surface area contributed by atoms with Gasteiger partial charge in [0.1, 0.15) is 45.4 Å². The second kappa shape index (κ2) is 41.2. The van der Waals surface area contributed by atoms with Crippen LogP contribution < -0.4 is 41.8 Å². The van der Waals surface area contributed by atoms with E-state index in [1.165, 1.54) is 85.8 Å². The molecular formula is C102H87N19O11S3+2. The molecule has 0 aliphatic heterocycles. The standard InChI is InChI=1S/C23H18N2O3.C19H19N3.C19H12N2O5S.C15H11N5OS.C15H14N4.C11H11N3O2S/c26-22-18(13-12-16-9-6-14-24-21(16)22)20(15-7-2-1-3-8-15)25-19-11-5-4-10-17(19)23(27)28;1-12-16-11-22(10-8-20)9-7-14(16)13(2)19-18(12)15-5-3-4-6-17(15)21-19;22-13-6-5-10(7-14(13)23)16-9-21-19(27-16)20-8-12-17(24)11-3-1-2-4-15(11)26-18(12)25;1-10-17-19(11-5-4-6-12(21)9-11)20(18-10)15-16-13-7-2-3-8-14(13)22-15;16-12-7-5-11(6-8-12)9-18-15-10-17-13-3-1-2-4-14(13)19-15;1-9-3-5-10(6-4-9)17(15,16)14-11-12-7-2-8-13-11/h1-14,20,25-26H,(H,27,28);3-7,9,11H,8,10,20H2,1-2H3;1-9,22-24H;2-9H,1H3;1-8,10H,9,16H2,(H,18,19);2-8H,1H3,(H,12,13,14)/p+2/t20-;;;;;/m1...../s1. The number of carboxylic acid groups (broad SMARTS) is 1. The number of rotatable bonds is 18. The largest absolute Gasteiger partial charge is 0.508 e. The lowest BCUT2D eigenvalue weighted by atomic mass is 9.95. The maximum atomic E-state index is 12.1. The molecule has 672 valence electrons. The molecule has 14 N–H and O–H groups in total. The summed E-state index contributed by atoms with van der Waals surface area (Å²) < 4.78 is 34.6. The predicted octanol–water partition coefficient (Wildman–Crippen LogP) is 18.5. The van der Waals surface area contributed by atoms with E-state index in [0.29, 0.717) is 62.2 Å². The fraction of sp³-hybridized carbons (Fsp3) is 0.0784. The molecule has 0 radical (unpaired) electrons. The first-order valence-corrected chi connectivity index (χ1v) is 45.3. The molecule has 0 saturated carbocycles. The Bertz CT molecular complexity index is 8060. The van der Waals surface area contributed by atoms with E-state index in [0.717, 1.165) is 72.2 Å². The molecule has 0 unspecified atom stereocenters. The Balaban J connectivity index is 0.000000119. The molecule has 0 spiro atoms. The maximum absolute atomic E-state index is 12.1. The number of para-hydroxylation sites is 6. The number of aromatic carboxylic acids is 1. The van der Waals surface area contributed by atoms with Gasteiger partial charge in [0.25, 0.3) is 15.8 Å². The number of carbonyl (C=O) groups is 1. The number of hydrogen-bond donors (Lipinski definition) is 12. The number of pyridine rings is 2. The van der Waals surface area contributed by atoms with E-state index in [1.807, 2.05) is 147 Å². The molecule has 9 heterocycles. The number of aryl methyl sites for hydroxylation is 4.